The largest absolute Gasteiger partial charge is 0.379 e. The van der Waals surface area contributed by atoms with Crippen LogP contribution in [-0.4, -0.2) is 104 Å². The van der Waals surface area contributed by atoms with E-state index in [9.17, 15) is 9.59 Å². The topological polar surface area (TPSA) is 56.3 Å². The number of nitrogens with zero attached hydrogens (tertiary/aromatic N) is 4. The van der Waals surface area contributed by atoms with Crippen molar-refractivity contribution in [2.24, 2.45) is 0 Å². The fourth-order valence-corrected chi connectivity index (χ4v) is 3.98. The first kappa shape index (κ1) is 21.7. The lowest BCUT2D eigenvalue weighted by atomic mass is 10.1. The van der Waals surface area contributed by atoms with Crippen LogP contribution in [0.4, 0.5) is 0 Å². The Kier molecular flexibility index (Phi) is 8.03. The number of ether oxygens (including phenoxy) is 1. The van der Waals surface area contributed by atoms with Crippen molar-refractivity contribution < 1.29 is 14.3 Å². The van der Waals surface area contributed by atoms with Crippen LogP contribution in [0.2, 0.25) is 0 Å². The van der Waals surface area contributed by atoms with Crippen molar-refractivity contribution in [3.63, 3.8) is 0 Å². The molecule has 2 heterocycles. The molecule has 0 N–H and O–H groups in total. The zero-order valence-corrected chi connectivity index (χ0v) is 17.8. The second-order valence-electron chi connectivity index (χ2n) is 7.72. The molecule has 0 atom stereocenters. The number of rotatable bonds is 7. The highest BCUT2D eigenvalue weighted by molar-refractivity contribution is 5.94. The molecule has 2 amide bonds. The van der Waals surface area contributed by atoms with Crippen molar-refractivity contribution in [2.75, 3.05) is 72.1 Å². The van der Waals surface area contributed by atoms with E-state index >= 15 is 0 Å². The molecule has 0 spiro atoms. The first-order chi connectivity index (χ1) is 14.1. The highest BCUT2D eigenvalue weighted by Crippen LogP contribution is 2.14. The van der Waals surface area contributed by atoms with Crippen LogP contribution in [0, 0.1) is 0 Å². The van der Waals surface area contributed by atoms with E-state index in [1.165, 1.54) is 5.56 Å². The molecule has 29 heavy (non-hydrogen) atoms. The molecule has 3 rings (SSSR count). The summed E-state index contributed by atoms with van der Waals surface area (Å²) in [7, 11) is 0. The normalized spacial score (nSPS) is 18.6. The van der Waals surface area contributed by atoms with Crippen molar-refractivity contribution in [3.8, 4) is 0 Å². The third kappa shape index (κ3) is 6.01. The zero-order valence-electron chi connectivity index (χ0n) is 17.8. The van der Waals surface area contributed by atoms with Crippen LogP contribution in [0.15, 0.2) is 24.3 Å². The summed E-state index contributed by atoms with van der Waals surface area (Å²) in [4.78, 5) is 33.6. The molecule has 1 aromatic carbocycles. The maximum Gasteiger partial charge on any atom is 0.253 e. The van der Waals surface area contributed by atoms with Gasteiger partial charge in [-0.25, -0.2) is 0 Å². The van der Waals surface area contributed by atoms with Crippen LogP contribution in [-0.2, 0) is 16.1 Å². The molecule has 7 heteroatoms. The molecule has 160 valence electrons. The first-order valence-electron chi connectivity index (χ1n) is 10.8. The fourth-order valence-electron chi connectivity index (χ4n) is 3.98. The van der Waals surface area contributed by atoms with E-state index < -0.39 is 0 Å². The molecule has 7 nitrogen and oxygen atoms in total. The van der Waals surface area contributed by atoms with Crippen molar-refractivity contribution in [1.82, 2.24) is 19.6 Å². The van der Waals surface area contributed by atoms with Gasteiger partial charge in [-0.3, -0.25) is 19.4 Å². The van der Waals surface area contributed by atoms with Crippen LogP contribution in [0.25, 0.3) is 0 Å². The van der Waals surface area contributed by atoms with Gasteiger partial charge in [0.25, 0.3) is 5.91 Å². The van der Waals surface area contributed by atoms with Crippen LogP contribution >= 0.6 is 0 Å². The number of benzene rings is 1. The van der Waals surface area contributed by atoms with Crippen molar-refractivity contribution in [3.05, 3.63) is 35.4 Å². The number of carbonyl (C=O) groups is 2. The summed E-state index contributed by atoms with van der Waals surface area (Å²) in [5.41, 5.74) is 1.92. The van der Waals surface area contributed by atoms with Gasteiger partial charge in [-0.1, -0.05) is 12.1 Å². The number of amides is 2. The summed E-state index contributed by atoms with van der Waals surface area (Å²) in [6.07, 6.45) is 0. The monoisotopic (exact) mass is 402 g/mol. The minimum Gasteiger partial charge on any atom is -0.379 e. The maximum absolute atomic E-state index is 13.0. The summed E-state index contributed by atoms with van der Waals surface area (Å²) >= 11 is 0. The number of hydrogen-bond acceptors (Lipinski definition) is 5. The van der Waals surface area contributed by atoms with Gasteiger partial charge >= 0.3 is 0 Å². The average molecular weight is 403 g/mol. The number of piperazine rings is 1. The van der Waals surface area contributed by atoms with Crippen LogP contribution < -0.4 is 0 Å². The Morgan fingerprint density at radius 1 is 0.966 bits per heavy atom. The minimum absolute atomic E-state index is 0.0866. The number of carbonyl (C=O) groups excluding carboxylic acids is 2. The number of likely N-dealkylation sites (N-methyl/N-ethyl adjacent to an activating group) is 1. The van der Waals surface area contributed by atoms with E-state index in [2.05, 4.69) is 15.9 Å². The Hall–Kier alpha value is -1.96. The van der Waals surface area contributed by atoms with E-state index in [0.29, 0.717) is 19.6 Å². The van der Waals surface area contributed by atoms with E-state index in [-0.39, 0.29) is 11.8 Å². The Morgan fingerprint density at radius 3 is 2.31 bits per heavy atom. The van der Waals surface area contributed by atoms with Gasteiger partial charge in [0.15, 0.2) is 0 Å². The lowest BCUT2D eigenvalue weighted by molar-refractivity contribution is -0.132. The predicted octanol–water partition coefficient (Wildman–Crippen LogP) is 1.15. The van der Waals surface area contributed by atoms with E-state index in [1.54, 1.807) is 0 Å². The summed E-state index contributed by atoms with van der Waals surface area (Å²) in [5, 5.41) is 0. The van der Waals surface area contributed by atoms with Crippen LogP contribution in [0.3, 0.4) is 0 Å². The average Bonchev–Trinajstić information content (AvgIpc) is 2.75. The Labute approximate surface area is 174 Å². The third-order valence-corrected chi connectivity index (χ3v) is 5.82. The fraction of sp³-hybridized carbons (Fsp3) is 0.636. The van der Waals surface area contributed by atoms with Gasteiger partial charge in [-0.15, -0.1) is 0 Å². The van der Waals surface area contributed by atoms with E-state index in [0.717, 1.165) is 64.6 Å². The summed E-state index contributed by atoms with van der Waals surface area (Å²) < 4.78 is 5.41. The lowest BCUT2D eigenvalue weighted by Crippen LogP contribution is -2.51. The molecule has 0 unspecified atom stereocenters. The molecule has 0 saturated carbocycles. The van der Waals surface area contributed by atoms with Gasteiger partial charge < -0.3 is 14.5 Å². The molecule has 1 aromatic rings. The van der Waals surface area contributed by atoms with Crippen molar-refractivity contribution >= 4 is 11.8 Å². The third-order valence-electron chi connectivity index (χ3n) is 5.82. The second-order valence-corrected chi connectivity index (χ2v) is 7.72. The Morgan fingerprint density at radius 2 is 1.66 bits per heavy atom. The van der Waals surface area contributed by atoms with Gasteiger partial charge in [0.1, 0.15) is 0 Å². The number of hydrogen-bond donors (Lipinski definition) is 0. The summed E-state index contributed by atoms with van der Waals surface area (Å²) in [6, 6.07) is 7.99. The van der Waals surface area contributed by atoms with E-state index in [1.807, 2.05) is 41.8 Å². The first-order valence-corrected chi connectivity index (χ1v) is 10.8. The molecule has 2 aliphatic heterocycles. The van der Waals surface area contributed by atoms with Crippen molar-refractivity contribution in [1.29, 1.82) is 0 Å². The van der Waals surface area contributed by atoms with Crippen LogP contribution in [0.1, 0.15) is 29.8 Å². The molecule has 2 aliphatic rings. The highest BCUT2D eigenvalue weighted by atomic mass is 16.5. The zero-order chi connectivity index (χ0) is 20.6. The molecular formula is C22H34N4O3. The van der Waals surface area contributed by atoms with Gasteiger partial charge in [-0.2, -0.15) is 0 Å². The summed E-state index contributed by atoms with van der Waals surface area (Å²) in [6.45, 7) is 13.0. The van der Waals surface area contributed by atoms with Crippen molar-refractivity contribution in [2.45, 2.75) is 20.4 Å². The van der Waals surface area contributed by atoms with E-state index in [4.69, 9.17) is 4.74 Å². The maximum atomic E-state index is 13.0. The van der Waals surface area contributed by atoms with Gasteiger partial charge in [-0.05, 0) is 31.5 Å². The standard InChI is InChI=1S/C22H34N4O3/c1-3-25(4-2)21(27)18-23-8-10-26(11-9-23)22(28)20-7-5-6-19(16-20)17-24-12-14-29-15-13-24/h5-7,16H,3-4,8-15,17-18H2,1-2H3. The Balaban J connectivity index is 1.51. The highest BCUT2D eigenvalue weighted by Gasteiger charge is 2.24. The number of morpholine rings is 1. The molecule has 0 radical (unpaired) electrons. The minimum atomic E-state index is 0.0866. The van der Waals surface area contributed by atoms with Crippen LogP contribution in [0.5, 0.6) is 0 Å². The van der Waals surface area contributed by atoms with Gasteiger partial charge in [0, 0.05) is 64.5 Å². The molecular weight excluding hydrogens is 368 g/mol. The SMILES string of the molecule is CCN(CC)C(=O)CN1CCN(C(=O)c2cccc(CN3CCOCC3)c2)CC1. The summed E-state index contributed by atoms with van der Waals surface area (Å²) in [5.74, 6) is 0.258. The molecule has 0 bridgehead atoms. The molecule has 0 aliphatic carbocycles. The second kappa shape index (κ2) is 10.7. The quantitative estimate of drug-likeness (QED) is 0.685. The molecule has 2 saturated heterocycles. The lowest BCUT2D eigenvalue weighted by Gasteiger charge is -2.35. The predicted molar refractivity (Wildman–Crippen MR) is 113 cm³/mol. The van der Waals surface area contributed by atoms with Gasteiger partial charge in [0.05, 0.1) is 19.8 Å². The molecule has 0 aromatic heterocycles. The Bertz CT molecular complexity index is 678. The van der Waals surface area contributed by atoms with Gasteiger partial charge in [0.2, 0.25) is 5.91 Å². The molecule has 2 fully saturated rings. The smallest absolute Gasteiger partial charge is 0.253 e.